The van der Waals surface area contributed by atoms with Crippen LogP contribution < -0.4 is 5.73 Å². The van der Waals surface area contributed by atoms with Crippen LogP contribution in [-0.2, 0) is 4.74 Å². The van der Waals surface area contributed by atoms with E-state index in [1.807, 2.05) is 0 Å². The molecular weight excluding hydrogens is 214 g/mol. The predicted octanol–water partition coefficient (Wildman–Crippen LogP) is 2.85. The van der Waals surface area contributed by atoms with Crippen LogP contribution >= 0.6 is 0 Å². The van der Waals surface area contributed by atoms with Crippen molar-refractivity contribution in [2.45, 2.75) is 77.4 Å². The maximum Gasteiger partial charge on any atom is 0.0956 e. The molecule has 3 heteroatoms. The molecule has 0 spiro atoms. The number of aliphatic hydroxyl groups is 1. The van der Waals surface area contributed by atoms with E-state index in [9.17, 15) is 5.11 Å². The van der Waals surface area contributed by atoms with Crippen molar-refractivity contribution in [3.05, 3.63) is 0 Å². The van der Waals surface area contributed by atoms with Gasteiger partial charge in [0, 0.05) is 12.6 Å². The first-order valence-electron chi connectivity index (χ1n) is 7.24. The molecule has 0 aromatic heterocycles. The van der Waals surface area contributed by atoms with Gasteiger partial charge in [0.25, 0.3) is 0 Å². The molecule has 17 heavy (non-hydrogen) atoms. The van der Waals surface area contributed by atoms with Crippen molar-refractivity contribution < 1.29 is 9.84 Å². The zero-order valence-corrected chi connectivity index (χ0v) is 11.7. The van der Waals surface area contributed by atoms with Crippen molar-refractivity contribution >= 4 is 0 Å². The smallest absolute Gasteiger partial charge is 0.0956 e. The minimum atomic E-state index is -0.175. The Morgan fingerprint density at radius 1 is 1.00 bits per heavy atom. The normalized spacial score (nSPS) is 14.8. The Bertz CT molecular complexity index is 153. The second-order valence-corrected chi connectivity index (χ2v) is 4.81. The van der Waals surface area contributed by atoms with Crippen molar-refractivity contribution in [1.82, 2.24) is 0 Å². The van der Waals surface area contributed by atoms with Crippen LogP contribution in [0.1, 0.15) is 65.2 Å². The third-order valence-corrected chi connectivity index (χ3v) is 3.11. The average molecular weight is 245 g/mol. The molecule has 3 nitrogen and oxygen atoms in total. The van der Waals surface area contributed by atoms with E-state index in [4.69, 9.17) is 10.5 Å². The summed E-state index contributed by atoms with van der Waals surface area (Å²) in [7, 11) is 0. The van der Waals surface area contributed by atoms with Crippen LogP contribution in [0.25, 0.3) is 0 Å². The monoisotopic (exact) mass is 245 g/mol. The van der Waals surface area contributed by atoms with E-state index in [1.165, 1.54) is 32.1 Å². The second kappa shape index (κ2) is 12.3. The fraction of sp³-hybridized carbons (Fsp3) is 1.00. The Morgan fingerprint density at radius 2 is 1.65 bits per heavy atom. The molecule has 0 heterocycles. The molecule has 2 unspecified atom stereocenters. The van der Waals surface area contributed by atoms with E-state index in [-0.39, 0.29) is 18.8 Å². The number of aliphatic hydroxyl groups excluding tert-OH is 1. The highest BCUT2D eigenvalue weighted by Gasteiger charge is 2.16. The van der Waals surface area contributed by atoms with Crippen LogP contribution in [0, 0.1) is 0 Å². The molecule has 0 aliphatic carbocycles. The highest BCUT2D eigenvalue weighted by molar-refractivity contribution is 4.72. The van der Waals surface area contributed by atoms with Crippen LogP contribution in [0.2, 0.25) is 0 Å². The van der Waals surface area contributed by atoms with E-state index < -0.39 is 0 Å². The molecular formula is C14H31NO2. The van der Waals surface area contributed by atoms with E-state index in [1.54, 1.807) is 0 Å². The number of nitrogens with two attached hydrogens (primary N) is 1. The molecule has 0 saturated carbocycles. The molecule has 0 fully saturated rings. The van der Waals surface area contributed by atoms with E-state index in [2.05, 4.69) is 13.8 Å². The summed E-state index contributed by atoms with van der Waals surface area (Å²) < 4.78 is 5.64. The van der Waals surface area contributed by atoms with Crippen LogP contribution in [0.5, 0.6) is 0 Å². The summed E-state index contributed by atoms with van der Waals surface area (Å²) in [6, 6.07) is -0.0231. The van der Waals surface area contributed by atoms with Gasteiger partial charge >= 0.3 is 0 Å². The van der Waals surface area contributed by atoms with Gasteiger partial charge in [-0.1, -0.05) is 52.4 Å². The molecule has 0 amide bonds. The van der Waals surface area contributed by atoms with Crippen LogP contribution in [0.15, 0.2) is 0 Å². The van der Waals surface area contributed by atoms with Crippen LogP contribution in [-0.4, -0.2) is 30.5 Å². The van der Waals surface area contributed by atoms with E-state index in [0.29, 0.717) is 0 Å². The second-order valence-electron chi connectivity index (χ2n) is 4.81. The molecule has 104 valence electrons. The first-order chi connectivity index (χ1) is 8.26. The largest absolute Gasteiger partial charge is 0.394 e. The van der Waals surface area contributed by atoms with Gasteiger partial charge in [-0.2, -0.15) is 0 Å². The molecule has 0 radical (unpaired) electrons. The lowest BCUT2D eigenvalue weighted by Gasteiger charge is -2.21. The van der Waals surface area contributed by atoms with Crippen molar-refractivity contribution in [2.24, 2.45) is 5.73 Å². The van der Waals surface area contributed by atoms with E-state index in [0.717, 1.165) is 25.9 Å². The molecule has 0 rings (SSSR count). The number of ether oxygens (including phenoxy) is 1. The fourth-order valence-corrected chi connectivity index (χ4v) is 1.95. The molecule has 2 atom stereocenters. The Hall–Kier alpha value is -0.120. The Labute approximate surface area is 107 Å². The standard InChI is InChI=1S/C14H31NO2/c1-3-5-6-7-8-9-11-17-14(12-16)13(15)10-4-2/h13-14,16H,3-12,15H2,1-2H3. The average Bonchev–Trinajstić information content (AvgIpc) is 2.33. The molecule has 0 saturated heterocycles. The summed E-state index contributed by atoms with van der Waals surface area (Å²) >= 11 is 0. The molecule has 0 aliphatic heterocycles. The van der Waals surface area contributed by atoms with Gasteiger partial charge in [0.05, 0.1) is 12.7 Å². The maximum atomic E-state index is 9.19. The van der Waals surface area contributed by atoms with Gasteiger partial charge in [-0.3, -0.25) is 0 Å². The molecule has 3 N–H and O–H groups in total. The van der Waals surface area contributed by atoms with Gasteiger partial charge in [-0.25, -0.2) is 0 Å². The molecule has 0 aromatic carbocycles. The van der Waals surface area contributed by atoms with Gasteiger partial charge in [0.15, 0.2) is 0 Å². The number of hydrogen-bond acceptors (Lipinski definition) is 3. The van der Waals surface area contributed by atoms with E-state index >= 15 is 0 Å². The summed E-state index contributed by atoms with van der Waals surface area (Å²) in [4.78, 5) is 0. The highest BCUT2D eigenvalue weighted by atomic mass is 16.5. The Morgan fingerprint density at radius 3 is 2.24 bits per heavy atom. The van der Waals surface area contributed by atoms with Crippen molar-refractivity contribution in [3.63, 3.8) is 0 Å². The summed E-state index contributed by atoms with van der Waals surface area (Å²) in [6.45, 7) is 5.10. The minimum Gasteiger partial charge on any atom is -0.394 e. The third kappa shape index (κ3) is 9.57. The lowest BCUT2D eigenvalue weighted by molar-refractivity contribution is -0.00551. The minimum absolute atomic E-state index is 0.0231. The SMILES string of the molecule is CCCCCCCCOC(CO)C(N)CCC. The quantitative estimate of drug-likeness (QED) is 0.520. The van der Waals surface area contributed by atoms with Gasteiger partial charge < -0.3 is 15.6 Å². The van der Waals surface area contributed by atoms with Gasteiger partial charge in [-0.05, 0) is 12.8 Å². The van der Waals surface area contributed by atoms with Crippen LogP contribution in [0.3, 0.4) is 0 Å². The van der Waals surface area contributed by atoms with Crippen molar-refractivity contribution in [1.29, 1.82) is 0 Å². The summed E-state index contributed by atoms with van der Waals surface area (Å²) in [6.07, 6.45) is 9.33. The first-order valence-corrected chi connectivity index (χ1v) is 7.24. The topological polar surface area (TPSA) is 55.5 Å². The molecule has 0 aromatic rings. The Kier molecular flexibility index (Phi) is 12.3. The van der Waals surface area contributed by atoms with Crippen molar-refractivity contribution in [3.8, 4) is 0 Å². The number of rotatable bonds is 12. The zero-order chi connectivity index (χ0) is 12.9. The zero-order valence-electron chi connectivity index (χ0n) is 11.7. The summed E-state index contributed by atoms with van der Waals surface area (Å²) in [5, 5.41) is 9.19. The van der Waals surface area contributed by atoms with Gasteiger partial charge in [0.1, 0.15) is 0 Å². The maximum absolute atomic E-state index is 9.19. The predicted molar refractivity (Wildman–Crippen MR) is 73.1 cm³/mol. The Balaban J connectivity index is 3.43. The van der Waals surface area contributed by atoms with Gasteiger partial charge in [-0.15, -0.1) is 0 Å². The number of hydrogen-bond donors (Lipinski definition) is 2. The lowest BCUT2D eigenvalue weighted by Crippen LogP contribution is -2.39. The van der Waals surface area contributed by atoms with Gasteiger partial charge in [0.2, 0.25) is 0 Å². The lowest BCUT2D eigenvalue weighted by atomic mass is 10.1. The molecule has 0 aliphatic rings. The highest BCUT2D eigenvalue weighted by Crippen LogP contribution is 2.08. The van der Waals surface area contributed by atoms with Crippen LogP contribution in [0.4, 0.5) is 0 Å². The first kappa shape index (κ1) is 16.9. The fourth-order valence-electron chi connectivity index (χ4n) is 1.95. The third-order valence-electron chi connectivity index (χ3n) is 3.11. The van der Waals surface area contributed by atoms with Crippen molar-refractivity contribution in [2.75, 3.05) is 13.2 Å². The summed E-state index contributed by atoms with van der Waals surface area (Å²) in [5.41, 5.74) is 5.93. The summed E-state index contributed by atoms with van der Waals surface area (Å²) in [5.74, 6) is 0. The number of unbranched alkanes of at least 4 members (excludes halogenated alkanes) is 5. The molecule has 0 bridgehead atoms.